The molecule has 4 heteroatoms. The van der Waals surface area contributed by atoms with Crippen molar-refractivity contribution in [3.8, 4) is 11.3 Å². The molecule has 0 aliphatic carbocycles. The summed E-state index contributed by atoms with van der Waals surface area (Å²) < 4.78 is 5.82. The van der Waals surface area contributed by atoms with E-state index in [-0.39, 0.29) is 6.61 Å². The molecular weight excluding hydrogens is 240 g/mol. The molecule has 2 aromatic rings. The number of furan rings is 1. The Labute approximate surface area is 113 Å². The van der Waals surface area contributed by atoms with Crippen molar-refractivity contribution in [2.45, 2.75) is 6.54 Å². The molecule has 0 saturated heterocycles. The SMILES string of the molecule is OCC[NH2+]CC[NH2+]Cc1ccc(-c2ccccc2)o1. The maximum atomic E-state index is 8.66. The second kappa shape index (κ2) is 7.74. The van der Waals surface area contributed by atoms with E-state index in [4.69, 9.17) is 9.52 Å². The van der Waals surface area contributed by atoms with E-state index in [1.54, 1.807) is 0 Å². The van der Waals surface area contributed by atoms with E-state index < -0.39 is 0 Å². The number of nitrogens with two attached hydrogens (primary N) is 2. The van der Waals surface area contributed by atoms with Gasteiger partial charge in [0.25, 0.3) is 0 Å². The summed E-state index contributed by atoms with van der Waals surface area (Å²) in [4.78, 5) is 0. The van der Waals surface area contributed by atoms with Crippen LogP contribution in [0, 0.1) is 0 Å². The van der Waals surface area contributed by atoms with Gasteiger partial charge in [-0.05, 0) is 12.1 Å². The second-order valence-corrected chi connectivity index (χ2v) is 4.50. The Hall–Kier alpha value is -1.62. The Bertz CT molecular complexity index is 468. The predicted molar refractivity (Wildman–Crippen MR) is 73.4 cm³/mol. The zero-order valence-electron chi connectivity index (χ0n) is 11.1. The molecule has 0 bridgehead atoms. The lowest BCUT2D eigenvalue weighted by Gasteiger charge is -1.99. The van der Waals surface area contributed by atoms with Gasteiger partial charge in [-0.2, -0.15) is 0 Å². The van der Waals surface area contributed by atoms with Gasteiger partial charge in [-0.25, -0.2) is 0 Å². The lowest BCUT2D eigenvalue weighted by Crippen LogP contribution is -2.94. The Morgan fingerprint density at radius 2 is 1.68 bits per heavy atom. The maximum Gasteiger partial charge on any atom is 0.158 e. The van der Waals surface area contributed by atoms with Crippen molar-refractivity contribution in [3.63, 3.8) is 0 Å². The first-order chi connectivity index (χ1) is 9.40. The van der Waals surface area contributed by atoms with E-state index in [1.807, 2.05) is 30.3 Å². The number of hydrogen-bond donors (Lipinski definition) is 3. The van der Waals surface area contributed by atoms with Gasteiger partial charge in [-0.3, -0.25) is 0 Å². The Kier molecular flexibility index (Phi) is 5.62. The van der Waals surface area contributed by atoms with E-state index >= 15 is 0 Å². The first-order valence-electron chi connectivity index (χ1n) is 6.78. The van der Waals surface area contributed by atoms with Crippen molar-refractivity contribution < 1.29 is 20.2 Å². The summed E-state index contributed by atoms with van der Waals surface area (Å²) in [6.07, 6.45) is 0. The molecular formula is C15H22N2O2+2. The molecule has 0 spiro atoms. The summed E-state index contributed by atoms with van der Waals surface area (Å²) in [5, 5.41) is 13.0. The number of quaternary nitrogens is 2. The summed E-state index contributed by atoms with van der Waals surface area (Å²) >= 11 is 0. The lowest BCUT2D eigenvalue weighted by molar-refractivity contribution is -0.732. The monoisotopic (exact) mass is 262 g/mol. The highest BCUT2D eigenvalue weighted by atomic mass is 16.3. The van der Waals surface area contributed by atoms with E-state index in [2.05, 4.69) is 22.8 Å². The highest BCUT2D eigenvalue weighted by molar-refractivity contribution is 5.57. The topological polar surface area (TPSA) is 66.6 Å². The van der Waals surface area contributed by atoms with Gasteiger partial charge in [0, 0.05) is 5.56 Å². The highest BCUT2D eigenvalue weighted by Crippen LogP contribution is 2.20. The van der Waals surface area contributed by atoms with E-state index in [9.17, 15) is 0 Å². The Morgan fingerprint density at radius 1 is 0.895 bits per heavy atom. The van der Waals surface area contributed by atoms with Crippen LogP contribution in [0.5, 0.6) is 0 Å². The largest absolute Gasteiger partial charge is 0.455 e. The minimum atomic E-state index is 0.249. The summed E-state index contributed by atoms with van der Waals surface area (Å²) in [7, 11) is 0. The number of aliphatic hydroxyl groups excluding tert-OH is 1. The molecule has 19 heavy (non-hydrogen) atoms. The van der Waals surface area contributed by atoms with Crippen LogP contribution in [0.3, 0.4) is 0 Å². The molecule has 0 amide bonds. The predicted octanol–water partition coefficient (Wildman–Crippen LogP) is -0.434. The molecule has 102 valence electrons. The van der Waals surface area contributed by atoms with Gasteiger partial charge in [-0.1, -0.05) is 30.3 Å². The molecule has 0 aliphatic rings. The van der Waals surface area contributed by atoms with Crippen molar-refractivity contribution in [3.05, 3.63) is 48.2 Å². The third-order valence-corrected chi connectivity index (χ3v) is 2.97. The number of aliphatic hydroxyl groups is 1. The van der Waals surface area contributed by atoms with Crippen LogP contribution in [-0.4, -0.2) is 31.3 Å². The van der Waals surface area contributed by atoms with Crippen LogP contribution < -0.4 is 10.6 Å². The van der Waals surface area contributed by atoms with Crippen LogP contribution in [0.15, 0.2) is 46.9 Å². The minimum Gasteiger partial charge on any atom is -0.455 e. The molecule has 5 N–H and O–H groups in total. The van der Waals surface area contributed by atoms with Crippen LogP contribution >= 0.6 is 0 Å². The molecule has 1 aromatic carbocycles. The van der Waals surface area contributed by atoms with Gasteiger partial charge in [0.05, 0.1) is 13.2 Å². The zero-order valence-corrected chi connectivity index (χ0v) is 11.1. The Morgan fingerprint density at radius 3 is 2.47 bits per heavy atom. The summed E-state index contributed by atoms with van der Waals surface area (Å²) in [6.45, 7) is 3.94. The fourth-order valence-electron chi connectivity index (χ4n) is 1.96. The Balaban J connectivity index is 1.75. The molecule has 0 fully saturated rings. The molecule has 0 aliphatic heterocycles. The fourth-order valence-corrected chi connectivity index (χ4v) is 1.96. The number of hydrogen-bond acceptors (Lipinski definition) is 2. The second-order valence-electron chi connectivity index (χ2n) is 4.50. The van der Waals surface area contributed by atoms with Crippen molar-refractivity contribution in [1.29, 1.82) is 0 Å². The lowest BCUT2D eigenvalue weighted by atomic mass is 10.2. The van der Waals surface area contributed by atoms with Gasteiger partial charge >= 0.3 is 0 Å². The summed E-state index contributed by atoms with van der Waals surface area (Å²) in [5.74, 6) is 1.93. The van der Waals surface area contributed by atoms with Gasteiger partial charge in [0.2, 0.25) is 0 Å². The minimum absolute atomic E-state index is 0.249. The number of benzene rings is 1. The van der Waals surface area contributed by atoms with Gasteiger partial charge in [0.15, 0.2) is 5.76 Å². The first kappa shape index (κ1) is 13.8. The van der Waals surface area contributed by atoms with Crippen LogP contribution in [-0.2, 0) is 6.54 Å². The van der Waals surface area contributed by atoms with E-state index in [1.165, 1.54) is 0 Å². The average molecular weight is 262 g/mol. The van der Waals surface area contributed by atoms with Gasteiger partial charge in [-0.15, -0.1) is 0 Å². The van der Waals surface area contributed by atoms with Crippen LogP contribution in [0.25, 0.3) is 11.3 Å². The fraction of sp³-hybridized carbons (Fsp3) is 0.333. The quantitative estimate of drug-likeness (QED) is 0.565. The maximum absolute atomic E-state index is 8.66. The third-order valence-electron chi connectivity index (χ3n) is 2.97. The third kappa shape index (κ3) is 4.52. The van der Waals surface area contributed by atoms with Crippen LogP contribution in [0.4, 0.5) is 0 Å². The zero-order chi connectivity index (χ0) is 13.3. The molecule has 1 heterocycles. The molecule has 4 nitrogen and oxygen atoms in total. The molecule has 0 saturated carbocycles. The van der Waals surface area contributed by atoms with Crippen molar-refractivity contribution in [2.75, 3.05) is 26.2 Å². The molecule has 0 unspecified atom stereocenters. The first-order valence-corrected chi connectivity index (χ1v) is 6.78. The van der Waals surface area contributed by atoms with Crippen LogP contribution in [0.2, 0.25) is 0 Å². The summed E-state index contributed by atoms with van der Waals surface area (Å²) in [5.41, 5.74) is 1.12. The molecule has 0 atom stereocenters. The standard InChI is InChI=1S/C15H20N2O2/c18-11-10-16-8-9-17-12-14-6-7-15(19-14)13-4-2-1-3-5-13/h1-7,16-18H,8-12H2/p+2. The van der Waals surface area contributed by atoms with Crippen molar-refractivity contribution in [2.24, 2.45) is 0 Å². The van der Waals surface area contributed by atoms with Crippen LogP contribution in [0.1, 0.15) is 5.76 Å². The summed E-state index contributed by atoms with van der Waals surface area (Å²) in [6, 6.07) is 14.2. The van der Waals surface area contributed by atoms with E-state index in [0.717, 1.165) is 43.3 Å². The van der Waals surface area contributed by atoms with Gasteiger partial charge < -0.3 is 20.2 Å². The van der Waals surface area contributed by atoms with Gasteiger partial charge in [0.1, 0.15) is 25.4 Å². The van der Waals surface area contributed by atoms with Crippen molar-refractivity contribution in [1.82, 2.24) is 0 Å². The highest BCUT2D eigenvalue weighted by Gasteiger charge is 2.05. The van der Waals surface area contributed by atoms with Crippen molar-refractivity contribution >= 4 is 0 Å². The number of rotatable bonds is 8. The smallest absolute Gasteiger partial charge is 0.158 e. The molecule has 1 aromatic heterocycles. The normalized spacial score (nSPS) is 10.8. The average Bonchev–Trinajstić information content (AvgIpc) is 2.92. The van der Waals surface area contributed by atoms with E-state index in [0.29, 0.717) is 0 Å². The molecule has 0 radical (unpaired) electrons. The molecule has 2 rings (SSSR count).